The molecule has 1 rings (SSSR count). The number of phenolic OH excluding ortho intramolecular Hbond substituents is 2. The molecule has 0 aliphatic rings. The van der Waals surface area contributed by atoms with E-state index in [1.54, 1.807) is 7.05 Å². The summed E-state index contributed by atoms with van der Waals surface area (Å²) in [4.78, 5) is 0. The maximum Gasteiger partial charge on any atom is 0.186 e. The molecule has 0 fully saturated rings. The van der Waals surface area contributed by atoms with Crippen molar-refractivity contribution in [2.24, 2.45) is 5.10 Å². The van der Waals surface area contributed by atoms with Gasteiger partial charge >= 0.3 is 0 Å². The quantitative estimate of drug-likeness (QED) is 0.335. The fraction of sp³-hybridized carbons (Fsp3) is 0.111. The highest BCUT2D eigenvalue weighted by Crippen LogP contribution is 2.20. The van der Waals surface area contributed by atoms with Crippen molar-refractivity contribution in [2.45, 2.75) is 0 Å². The second-order valence-electron chi connectivity index (χ2n) is 2.69. The fourth-order valence-corrected chi connectivity index (χ4v) is 0.910. The lowest BCUT2D eigenvalue weighted by Crippen LogP contribution is -2.28. The van der Waals surface area contributed by atoms with Crippen molar-refractivity contribution in [2.75, 3.05) is 7.05 Å². The van der Waals surface area contributed by atoms with E-state index in [2.05, 4.69) is 15.8 Å². The average Bonchev–Trinajstić information content (AvgIpc) is 2.21. The number of aromatic hydroxyl groups is 2. The van der Waals surface area contributed by atoms with Gasteiger partial charge in [0.2, 0.25) is 0 Å². The van der Waals surface area contributed by atoms with Gasteiger partial charge in [-0.05, 0) is 24.4 Å². The summed E-state index contributed by atoms with van der Waals surface area (Å²) in [6.45, 7) is 0. The Balaban J connectivity index is 2.68. The van der Waals surface area contributed by atoms with Crippen LogP contribution >= 0.6 is 12.2 Å². The van der Waals surface area contributed by atoms with Crippen molar-refractivity contribution in [1.29, 1.82) is 0 Å². The van der Waals surface area contributed by atoms with Crippen LogP contribution in [0.25, 0.3) is 0 Å². The molecule has 1 aromatic rings. The molecule has 4 N–H and O–H groups in total. The fourth-order valence-electron chi connectivity index (χ4n) is 0.858. The maximum atomic E-state index is 9.39. The first-order valence-corrected chi connectivity index (χ1v) is 4.57. The lowest BCUT2D eigenvalue weighted by atomic mass is 10.2. The number of nitrogens with one attached hydrogen (secondary N) is 2. The van der Waals surface area contributed by atoms with Crippen LogP contribution in [0.2, 0.25) is 0 Å². The van der Waals surface area contributed by atoms with Crippen LogP contribution in [0.3, 0.4) is 0 Å². The Bertz CT molecular complexity index is 393. The summed E-state index contributed by atoms with van der Waals surface area (Å²) in [7, 11) is 1.67. The number of thiocarbonyl (C=S) groups is 1. The van der Waals surface area contributed by atoms with Gasteiger partial charge in [-0.2, -0.15) is 5.10 Å². The molecule has 0 amide bonds. The summed E-state index contributed by atoms with van der Waals surface area (Å²) in [6, 6.07) is 4.23. The molecule has 0 bridgehead atoms. The Morgan fingerprint density at radius 2 is 2.20 bits per heavy atom. The van der Waals surface area contributed by atoms with Crippen LogP contribution in [0.5, 0.6) is 11.5 Å². The van der Waals surface area contributed by atoms with Gasteiger partial charge in [0.15, 0.2) is 5.11 Å². The van der Waals surface area contributed by atoms with Crippen molar-refractivity contribution in [3.8, 4) is 11.5 Å². The monoisotopic (exact) mass is 225 g/mol. The summed E-state index contributed by atoms with van der Waals surface area (Å²) in [5.41, 5.74) is 3.02. The highest BCUT2D eigenvalue weighted by molar-refractivity contribution is 7.80. The van der Waals surface area contributed by atoms with E-state index >= 15 is 0 Å². The van der Waals surface area contributed by atoms with Gasteiger partial charge in [-0.1, -0.05) is 0 Å². The van der Waals surface area contributed by atoms with Crippen LogP contribution in [0.15, 0.2) is 23.3 Å². The molecular formula is C9H11N3O2S. The van der Waals surface area contributed by atoms with E-state index in [-0.39, 0.29) is 11.5 Å². The predicted octanol–water partition coefficient (Wildman–Crippen LogP) is 0.526. The Kier molecular flexibility index (Phi) is 3.87. The summed E-state index contributed by atoms with van der Waals surface area (Å²) in [6.07, 6.45) is 1.40. The SMILES string of the molecule is CNC(=S)N/N=C\c1ccc(O)cc1O. The molecule has 0 heterocycles. The minimum atomic E-state index is -0.0454. The number of hydrogen-bond donors (Lipinski definition) is 4. The van der Waals surface area contributed by atoms with Crippen LogP contribution in [0.4, 0.5) is 0 Å². The molecule has 0 spiro atoms. The van der Waals surface area contributed by atoms with E-state index in [1.165, 1.54) is 24.4 Å². The Morgan fingerprint density at radius 3 is 2.80 bits per heavy atom. The number of hydrogen-bond acceptors (Lipinski definition) is 4. The topological polar surface area (TPSA) is 76.9 Å². The lowest BCUT2D eigenvalue weighted by Gasteiger charge is -2.01. The summed E-state index contributed by atoms with van der Waals surface area (Å²) in [5.74, 6) is -0.0423. The van der Waals surface area contributed by atoms with Gasteiger partial charge in [0.25, 0.3) is 0 Å². The Morgan fingerprint density at radius 1 is 1.47 bits per heavy atom. The Hall–Kier alpha value is -1.82. The smallest absolute Gasteiger partial charge is 0.186 e. The molecule has 15 heavy (non-hydrogen) atoms. The number of rotatable bonds is 2. The Labute approximate surface area is 92.4 Å². The van der Waals surface area contributed by atoms with Gasteiger partial charge in [0.1, 0.15) is 11.5 Å². The first-order chi connectivity index (χ1) is 7.13. The summed E-state index contributed by atoms with van der Waals surface area (Å²) >= 11 is 4.79. The molecule has 5 nitrogen and oxygen atoms in total. The zero-order valence-electron chi connectivity index (χ0n) is 8.06. The maximum absolute atomic E-state index is 9.39. The van der Waals surface area contributed by atoms with E-state index in [0.717, 1.165) is 0 Å². The van der Waals surface area contributed by atoms with Crippen molar-refractivity contribution < 1.29 is 10.2 Å². The van der Waals surface area contributed by atoms with E-state index in [4.69, 9.17) is 17.3 Å². The molecule has 80 valence electrons. The predicted molar refractivity (Wildman–Crippen MR) is 62.2 cm³/mol. The average molecular weight is 225 g/mol. The second kappa shape index (κ2) is 5.16. The molecule has 6 heteroatoms. The van der Waals surface area contributed by atoms with Crippen LogP contribution in [-0.4, -0.2) is 28.6 Å². The third-order valence-electron chi connectivity index (χ3n) is 1.61. The number of hydrazone groups is 1. The van der Waals surface area contributed by atoms with Crippen molar-refractivity contribution in [3.63, 3.8) is 0 Å². The van der Waals surface area contributed by atoms with Gasteiger partial charge in [0.05, 0.1) is 6.21 Å². The van der Waals surface area contributed by atoms with Gasteiger partial charge in [-0.3, -0.25) is 5.43 Å². The minimum Gasteiger partial charge on any atom is -0.508 e. The molecular weight excluding hydrogens is 214 g/mol. The molecule has 0 unspecified atom stereocenters. The van der Waals surface area contributed by atoms with Gasteiger partial charge in [0, 0.05) is 18.7 Å². The zero-order valence-corrected chi connectivity index (χ0v) is 8.88. The normalized spacial score (nSPS) is 10.2. The van der Waals surface area contributed by atoms with Gasteiger partial charge in [-0.15, -0.1) is 0 Å². The molecule has 1 aromatic carbocycles. The molecule has 0 aliphatic heterocycles. The van der Waals surface area contributed by atoms with Crippen LogP contribution < -0.4 is 10.7 Å². The van der Waals surface area contributed by atoms with E-state index in [1.807, 2.05) is 0 Å². The largest absolute Gasteiger partial charge is 0.508 e. The molecule has 0 radical (unpaired) electrons. The van der Waals surface area contributed by atoms with E-state index < -0.39 is 0 Å². The summed E-state index contributed by atoms with van der Waals surface area (Å²) in [5, 5.41) is 25.3. The molecule has 0 aromatic heterocycles. The summed E-state index contributed by atoms with van der Waals surface area (Å²) < 4.78 is 0. The van der Waals surface area contributed by atoms with Crippen LogP contribution in [0.1, 0.15) is 5.56 Å². The molecule has 0 saturated heterocycles. The molecule has 0 atom stereocenters. The van der Waals surface area contributed by atoms with Crippen molar-refractivity contribution in [3.05, 3.63) is 23.8 Å². The third-order valence-corrected chi connectivity index (χ3v) is 1.91. The third kappa shape index (κ3) is 3.43. The minimum absolute atomic E-state index is 0.00311. The number of benzene rings is 1. The zero-order chi connectivity index (χ0) is 11.3. The lowest BCUT2D eigenvalue weighted by molar-refractivity contribution is 0.450. The van der Waals surface area contributed by atoms with Crippen molar-refractivity contribution >= 4 is 23.5 Å². The van der Waals surface area contributed by atoms with Crippen molar-refractivity contribution in [1.82, 2.24) is 10.7 Å². The highest BCUT2D eigenvalue weighted by atomic mass is 32.1. The number of phenols is 2. The highest BCUT2D eigenvalue weighted by Gasteiger charge is 1.98. The number of nitrogens with zero attached hydrogens (tertiary/aromatic N) is 1. The van der Waals surface area contributed by atoms with E-state index in [9.17, 15) is 5.11 Å². The van der Waals surface area contributed by atoms with E-state index in [0.29, 0.717) is 10.7 Å². The molecule has 0 aliphatic carbocycles. The molecule has 0 saturated carbocycles. The second-order valence-corrected chi connectivity index (χ2v) is 3.10. The first kappa shape index (κ1) is 11.3. The van der Waals surface area contributed by atoms with Crippen LogP contribution in [-0.2, 0) is 0 Å². The van der Waals surface area contributed by atoms with Gasteiger partial charge < -0.3 is 15.5 Å². The van der Waals surface area contributed by atoms with Gasteiger partial charge in [-0.25, -0.2) is 0 Å². The first-order valence-electron chi connectivity index (χ1n) is 4.16. The van der Waals surface area contributed by atoms with Crippen LogP contribution in [0, 0.1) is 0 Å². The standard InChI is InChI=1S/C9H11N3O2S/c1-10-9(15)12-11-5-6-2-3-7(13)4-8(6)14/h2-5,13-14H,1H3,(H2,10,12,15)/b11-5-.